The van der Waals surface area contributed by atoms with Gasteiger partial charge in [-0.1, -0.05) is 32.0 Å². The van der Waals surface area contributed by atoms with Gasteiger partial charge >= 0.3 is 0 Å². The van der Waals surface area contributed by atoms with Crippen molar-refractivity contribution in [2.75, 3.05) is 26.2 Å². The summed E-state index contributed by atoms with van der Waals surface area (Å²) in [6.45, 7) is 9.23. The second-order valence-electron chi connectivity index (χ2n) is 6.04. The van der Waals surface area contributed by atoms with Crippen molar-refractivity contribution in [2.45, 2.75) is 46.0 Å². The molecule has 1 fully saturated rings. The first-order valence-corrected chi connectivity index (χ1v) is 8.22. The molecule has 0 radical (unpaired) electrons. The van der Waals surface area contributed by atoms with Gasteiger partial charge in [-0.05, 0) is 69.3 Å². The van der Waals surface area contributed by atoms with E-state index in [2.05, 4.69) is 43.0 Å². The third kappa shape index (κ3) is 4.82. The number of rotatable bonds is 7. The zero-order valence-corrected chi connectivity index (χ0v) is 13.1. The molecular weight excluding hydrogens is 246 g/mol. The van der Waals surface area contributed by atoms with Crippen LogP contribution in [0.3, 0.4) is 0 Å². The lowest BCUT2D eigenvalue weighted by Crippen LogP contribution is -2.33. The number of hydrogen-bond acceptors (Lipinski definition) is 2. The van der Waals surface area contributed by atoms with Gasteiger partial charge in [0.2, 0.25) is 0 Å². The SMILES string of the molecule is CCc1ccccc1OCCCCN1CCC(C)CC1. The number of unbranched alkanes of at least 4 members (excludes halogenated alkanes) is 1. The van der Waals surface area contributed by atoms with Crippen LogP contribution in [0.1, 0.15) is 45.1 Å². The predicted octanol–water partition coefficient (Wildman–Crippen LogP) is 4.14. The van der Waals surface area contributed by atoms with Crippen LogP contribution >= 0.6 is 0 Å². The molecule has 1 aromatic rings. The highest BCUT2D eigenvalue weighted by atomic mass is 16.5. The number of ether oxygens (including phenoxy) is 1. The third-order valence-corrected chi connectivity index (χ3v) is 4.36. The molecule has 1 heterocycles. The molecule has 112 valence electrons. The van der Waals surface area contributed by atoms with Crippen molar-refractivity contribution in [3.63, 3.8) is 0 Å². The first kappa shape index (κ1) is 15.4. The zero-order valence-electron chi connectivity index (χ0n) is 13.1. The van der Waals surface area contributed by atoms with Crippen molar-refractivity contribution >= 4 is 0 Å². The number of hydrogen-bond donors (Lipinski definition) is 0. The van der Waals surface area contributed by atoms with E-state index in [1.807, 2.05) is 0 Å². The largest absolute Gasteiger partial charge is 0.493 e. The Labute approximate surface area is 124 Å². The van der Waals surface area contributed by atoms with Crippen molar-refractivity contribution < 1.29 is 4.74 Å². The van der Waals surface area contributed by atoms with Crippen molar-refractivity contribution in [2.24, 2.45) is 5.92 Å². The molecule has 2 heteroatoms. The van der Waals surface area contributed by atoms with Crippen LogP contribution in [0.4, 0.5) is 0 Å². The highest BCUT2D eigenvalue weighted by Gasteiger charge is 2.14. The Morgan fingerprint density at radius 2 is 1.90 bits per heavy atom. The molecule has 2 rings (SSSR count). The second kappa shape index (κ2) is 8.31. The van der Waals surface area contributed by atoms with Gasteiger partial charge < -0.3 is 9.64 Å². The van der Waals surface area contributed by atoms with Gasteiger partial charge in [0.1, 0.15) is 5.75 Å². The molecule has 0 atom stereocenters. The van der Waals surface area contributed by atoms with Gasteiger partial charge in [-0.3, -0.25) is 0 Å². The number of para-hydroxylation sites is 1. The summed E-state index contributed by atoms with van der Waals surface area (Å²) in [4.78, 5) is 2.61. The fourth-order valence-corrected chi connectivity index (χ4v) is 2.84. The molecule has 0 aliphatic carbocycles. The van der Waals surface area contributed by atoms with E-state index in [0.29, 0.717) is 0 Å². The molecule has 1 aliphatic rings. The minimum atomic E-state index is 0.848. The molecule has 1 aliphatic heterocycles. The highest BCUT2D eigenvalue weighted by molar-refractivity contribution is 5.33. The van der Waals surface area contributed by atoms with Gasteiger partial charge in [-0.2, -0.15) is 0 Å². The lowest BCUT2D eigenvalue weighted by molar-refractivity contribution is 0.184. The van der Waals surface area contributed by atoms with Gasteiger partial charge in [-0.25, -0.2) is 0 Å². The number of piperidine rings is 1. The summed E-state index contributed by atoms with van der Waals surface area (Å²) in [5.41, 5.74) is 1.32. The van der Waals surface area contributed by atoms with Crippen LogP contribution in [0.5, 0.6) is 5.75 Å². The van der Waals surface area contributed by atoms with Crippen LogP contribution in [0.2, 0.25) is 0 Å². The molecule has 0 amide bonds. The van der Waals surface area contributed by atoms with Crippen molar-refractivity contribution in [1.82, 2.24) is 4.90 Å². The van der Waals surface area contributed by atoms with Crippen molar-refractivity contribution in [3.05, 3.63) is 29.8 Å². The molecule has 2 nitrogen and oxygen atoms in total. The fourth-order valence-electron chi connectivity index (χ4n) is 2.84. The van der Waals surface area contributed by atoms with Gasteiger partial charge in [0.25, 0.3) is 0 Å². The number of likely N-dealkylation sites (tertiary alicyclic amines) is 1. The lowest BCUT2D eigenvalue weighted by Gasteiger charge is -2.30. The van der Waals surface area contributed by atoms with Crippen LogP contribution in [0.25, 0.3) is 0 Å². The lowest BCUT2D eigenvalue weighted by atomic mass is 9.99. The van der Waals surface area contributed by atoms with Crippen molar-refractivity contribution in [3.8, 4) is 5.75 Å². The third-order valence-electron chi connectivity index (χ3n) is 4.36. The first-order valence-electron chi connectivity index (χ1n) is 8.22. The normalized spacial score (nSPS) is 17.3. The Morgan fingerprint density at radius 3 is 2.65 bits per heavy atom. The molecular formula is C18H29NO. The second-order valence-corrected chi connectivity index (χ2v) is 6.04. The van der Waals surface area contributed by atoms with Crippen LogP contribution in [-0.4, -0.2) is 31.1 Å². The van der Waals surface area contributed by atoms with E-state index in [-0.39, 0.29) is 0 Å². The Morgan fingerprint density at radius 1 is 1.15 bits per heavy atom. The Hall–Kier alpha value is -1.02. The maximum atomic E-state index is 5.92. The predicted molar refractivity (Wildman–Crippen MR) is 85.4 cm³/mol. The minimum Gasteiger partial charge on any atom is -0.493 e. The summed E-state index contributed by atoms with van der Waals surface area (Å²) in [7, 11) is 0. The standard InChI is InChI=1S/C18H29NO/c1-3-17-8-4-5-9-18(17)20-15-7-6-12-19-13-10-16(2)11-14-19/h4-5,8-9,16H,3,6-7,10-15H2,1-2H3. The maximum absolute atomic E-state index is 5.92. The van der Waals surface area contributed by atoms with E-state index >= 15 is 0 Å². The molecule has 0 bridgehead atoms. The average molecular weight is 275 g/mol. The maximum Gasteiger partial charge on any atom is 0.122 e. The number of benzene rings is 1. The molecule has 0 spiro atoms. The van der Waals surface area contributed by atoms with Crippen LogP contribution in [-0.2, 0) is 6.42 Å². The van der Waals surface area contributed by atoms with E-state index in [0.717, 1.165) is 31.1 Å². The topological polar surface area (TPSA) is 12.5 Å². The van der Waals surface area contributed by atoms with Crippen LogP contribution < -0.4 is 4.74 Å². The zero-order chi connectivity index (χ0) is 14.2. The summed E-state index contributed by atoms with van der Waals surface area (Å²) in [6, 6.07) is 8.39. The van der Waals surface area contributed by atoms with Gasteiger partial charge in [0, 0.05) is 0 Å². The van der Waals surface area contributed by atoms with Crippen molar-refractivity contribution in [1.29, 1.82) is 0 Å². The van der Waals surface area contributed by atoms with Gasteiger partial charge in [-0.15, -0.1) is 0 Å². The summed E-state index contributed by atoms with van der Waals surface area (Å²) in [6.07, 6.45) is 6.20. The van der Waals surface area contributed by atoms with Gasteiger partial charge in [0.05, 0.1) is 6.61 Å². The van der Waals surface area contributed by atoms with Crippen LogP contribution in [0.15, 0.2) is 24.3 Å². The minimum absolute atomic E-state index is 0.848. The molecule has 0 unspecified atom stereocenters. The molecule has 1 saturated heterocycles. The average Bonchev–Trinajstić information content (AvgIpc) is 2.49. The molecule has 0 aromatic heterocycles. The number of aryl methyl sites for hydroxylation is 1. The van der Waals surface area contributed by atoms with Crippen LogP contribution in [0, 0.1) is 5.92 Å². The smallest absolute Gasteiger partial charge is 0.122 e. The molecule has 0 saturated carbocycles. The van der Waals surface area contributed by atoms with E-state index in [1.54, 1.807) is 0 Å². The molecule has 0 N–H and O–H groups in total. The fraction of sp³-hybridized carbons (Fsp3) is 0.667. The summed E-state index contributed by atoms with van der Waals surface area (Å²) >= 11 is 0. The monoisotopic (exact) mass is 275 g/mol. The molecule has 20 heavy (non-hydrogen) atoms. The van der Waals surface area contributed by atoms with Gasteiger partial charge in [0.15, 0.2) is 0 Å². The Kier molecular flexibility index (Phi) is 6.38. The van der Waals surface area contributed by atoms with E-state index < -0.39 is 0 Å². The summed E-state index contributed by atoms with van der Waals surface area (Å²) in [5.74, 6) is 2.00. The summed E-state index contributed by atoms with van der Waals surface area (Å²) in [5, 5.41) is 0. The van der Waals surface area contributed by atoms with E-state index in [4.69, 9.17) is 4.74 Å². The first-order chi connectivity index (χ1) is 9.79. The number of nitrogens with zero attached hydrogens (tertiary/aromatic N) is 1. The highest BCUT2D eigenvalue weighted by Crippen LogP contribution is 2.19. The summed E-state index contributed by atoms with van der Waals surface area (Å²) < 4.78 is 5.92. The van der Waals surface area contributed by atoms with E-state index in [9.17, 15) is 0 Å². The Balaban J connectivity index is 1.59. The van der Waals surface area contributed by atoms with E-state index in [1.165, 1.54) is 44.5 Å². The molecule has 1 aromatic carbocycles. The quantitative estimate of drug-likeness (QED) is 0.693. The Bertz CT molecular complexity index is 383.